The van der Waals surface area contributed by atoms with Gasteiger partial charge in [-0.15, -0.1) is 0 Å². The Bertz CT molecular complexity index is 606. The van der Waals surface area contributed by atoms with Gasteiger partial charge in [-0.25, -0.2) is 13.8 Å². The Labute approximate surface area is 124 Å². The molecule has 0 saturated carbocycles. The summed E-state index contributed by atoms with van der Waals surface area (Å²) in [6, 6.07) is 3.53. The van der Waals surface area contributed by atoms with Gasteiger partial charge in [0.25, 0.3) is 0 Å². The minimum atomic E-state index is -0.427. The van der Waals surface area contributed by atoms with Gasteiger partial charge in [-0.05, 0) is 37.6 Å². The lowest BCUT2D eigenvalue weighted by Crippen LogP contribution is -2.21. The van der Waals surface area contributed by atoms with Gasteiger partial charge in [0.1, 0.15) is 17.5 Å². The zero-order valence-corrected chi connectivity index (χ0v) is 12.7. The van der Waals surface area contributed by atoms with Crippen molar-refractivity contribution in [2.45, 2.75) is 33.9 Å². The standard InChI is InChI=1S/C16H21F2N3/c1-11(2)7-19-8-15-9-20-12(3)21(15)10-13-6-14(17)4-5-16(13)18/h4-6,9,11,19H,7-8,10H2,1-3H3. The average molecular weight is 293 g/mol. The second-order valence-corrected chi connectivity index (χ2v) is 5.64. The number of aryl methyl sites for hydroxylation is 1. The Morgan fingerprint density at radius 1 is 1.29 bits per heavy atom. The van der Waals surface area contributed by atoms with Crippen LogP contribution in [0.4, 0.5) is 8.78 Å². The van der Waals surface area contributed by atoms with E-state index in [0.29, 0.717) is 18.0 Å². The Morgan fingerprint density at radius 2 is 2.05 bits per heavy atom. The highest BCUT2D eigenvalue weighted by molar-refractivity contribution is 5.20. The van der Waals surface area contributed by atoms with E-state index in [4.69, 9.17) is 0 Å². The van der Waals surface area contributed by atoms with Crippen molar-refractivity contribution in [2.75, 3.05) is 6.54 Å². The monoisotopic (exact) mass is 293 g/mol. The van der Waals surface area contributed by atoms with E-state index >= 15 is 0 Å². The topological polar surface area (TPSA) is 29.9 Å². The maximum Gasteiger partial charge on any atom is 0.128 e. The number of halogens is 2. The van der Waals surface area contributed by atoms with Crippen LogP contribution in [0.5, 0.6) is 0 Å². The van der Waals surface area contributed by atoms with Crippen LogP contribution in [0.2, 0.25) is 0 Å². The summed E-state index contributed by atoms with van der Waals surface area (Å²) in [4.78, 5) is 4.27. The van der Waals surface area contributed by atoms with Gasteiger partial charge in [-0.3, -0.25) is 0 Å². The van der Waals surface area contributed by atoms with Crippen molar-refractivity contribution in [3.8, 4) is 0 Å². The first kappa shape index (κ1) is 15.6. The van der Waals surface area contributed by atoms with Crippen molar-refractivity contribution in [1.82, 2.24) is 14.9 Å². The highest BCUT2D eigenvalue weighted by Crippen LogP contribution is 2.14. The van der Waals surface area contributed by atoms with Gasteiger partial charge in [0.2, 0.25) is 0 Å². The lowest BCUT2D eigenvalue weighted by molar-refractivity contribution is 0.532. The predicted octanol–water partition coefficient (Wildman–Crippen LogP) is 3.26. The van der Waals surface area contributed by atoms with Crippen LogP contribution in [0.3, 0.4) is 0 Å². The van der Waals surface area contributed by atoms with E-state index in [1.807, 2.05) is 11.5 Å². The van der Waals surface area contributed by atoms with Gasteiger partial charge in [-0.2, -0.15) is 0 Å². The van der Waals surface area contributed by atoms with Crippen LogP contribution < -0.4 is 5.32 Å². The Kier molecular flexibility index (Phi) is 5.07. The number of nitrogens with zero attached hydrogens (tertiary/aromatic N) is 2. The van der Waals surface area contributed by atoms with E-state index < -0.39 is 11.6 Å². The zero-order valence-electron chi connectivity index (χ0n) is 12.7. The van der Waals surface area contributed by atoms with Crippen molar-refractivity contribution in [3.63, 3.8) is 0 Å². The summed E-state index contributed by atoms with van der Waals surface area (Å²) in [5, 5.41) is 3.34. The molecule has 114 valence electrons. The smallest absolute Gasteiger partial charge is 0.128 e. The lowest BCUT2D eigenvalue weighted by atomic mass is 10.2. The highest BCUT2D eigenvalue weighted by Gasteiger charge is 2.11. The molecule has 0 fully saturated rings. The predicted molar refractivity (Wildman–Crippen MR) is 79.0 cm³/mol. The summed E-state index contributed by atoms with van der Waals surface area (Å²) >= 11 is 0. The lowest BCUT2D eigenvalue weighted by Gasteiger charge is -2.13. The second-order valence-electron chi connectivity index (χ2n) is 5.64. The molecule has 2 rings (SSSR count). The summed E-state index contributed by atoms with van der Waals surface area (Å²) in [5.41, 5.74) is 1.30. The summed E-state index contributed by atoms with van der Waals surface area (Å²) in [7, 11) is 0. The first-order valence-corrected chi connectivity index (χ1v) is 7.13. The van der Waals surface area contributed by atoms with E-state index in [1.165, 1.54) is 6.07 Å². The maximum atomic E-state index is 13.8. The third-order valence-electron chi connectivity index (χ3n) is 3.33. The normalized spacial score (nSPS) is 11.3. The number of rotatable bonds is 6. The van der Waals surface area contributed by atoms with E-state index in [-0.39, 0.29) is 6.54 Å². The number of aromatic nitrogens is 2. The van der Waals surface area contributed by atoms with Crippen molar-refractivity contribution < 1.29 is 8.78 Å². The molecule has 0 aliphatic rings. The van der Waals surface area contributed by atoms with Gasteiger partial charge >= 0.3 is 0 Å². The molecule has 0 aliphatic heterocycles. The molecule has 0 aliphatic carbocycles. The van der Waals surface area contributed by atoms with Gasteiger partial charge in [-0.1, -0.05) is 13.8 Å². The van der Waals surface area contributed by atoms with Crippen LogP contribution in [0.1, 0.15) is 30.9 Å². The van der Waals surface area contributed by atoms with Crippen LogP contribution in [0.25, 0.3) is 0 Å². The van der Waals surface area contributed by atoms with Crippen molar-refractivity contribution in [3.05, 3.63) is 53.1 Å². The largest absolute Gasteiger partial charge is 0.326 e. The summed E-state index contributed by atoms with van der Waals surface area (Å²) < 4.78 is 28.9. The minimum Gasteiger partial charge on any atom is -0.326 e. The molecule has 1 aromatic carbocycles. The quantitative estimate of drug-likeness (QED) is 0.886. The number of hydrogen-bond acceptors (Lipinski definition) is 2. The third kappa shape index (κ3) is 4.11. The molecule has 0 radical (unpaired) electrons. The van der Waals surface area contributed by atoms with Crippen LogP contribution in [0.15, 0.2) is 24.4 Å². The Balaban J connectivity index is 2.15. The Morgan fingerprint density at radius 3 is 2.76 bits per heavy atom. The molecular weight excluding hydrogens is 272 g/mol. The van der Waals surface area contributed by atoms with Gasteiger partial charge < -0.3 is 9.88 Å². The molecule has 0 bridgehead atoms. The van der Waals surface area contributed by atoms with Crippen LogP contribution >= 0.6 is 0 Å². The number of imidazole rings is 1. The van der Waals surface area contributed by atoms with Crippen LogP contribution in [0, 0.1) is 24.5 Å². The molecule has 3 nitrogen and oxygen atoms in total. The number of nitrogens with one attached hydrogen (secondary N) is 1. The van der Waals surface area contributed by atoms with E-state index in [9.17, 15) is 8.78 Å². The zero-order chi connectivity index (χ0) is 15.4. The Hall–Kier alpha value is -1.75. The second kappa shape index (κ2) is 6.80. The molecule has 21 heavy (non-hydrogen) atoms. The average Bonchev–Trinajstić information content (AvgIpc) is 2.75. The molecule has 0 spiro atoms. The highest BCUT2D eigenvalue weighted by atomic mass is 19.1. The molecule has 1 heterocycles. The molecule has 0 amide bonds. The SMILES string of the molecule is Cc1ncc(CNCC(C)C)n1Cc1cc(F)ccc1F. The molecule has 0 atom stereocenters. The molecular formula is C16H21F2N3. The van der Waals surface area contributed by atoms with Crippen LogP contribution in [-0.2, 0) is 13.1 Å². The van der Waals surface area contributed by atoms with E-state index in [0.717, 1.165) is 30.2 Å². The number of hydrogen-bond donors (Lipinski definition) is 1. The van der Waals surface area contributed by atoms with Gasteiger partial charge in [0, 0.05) is 18.3 Å². The summed E-state index contributed by atoms with van der Waals surface area (Å²) in [6.45, 7) is 7.99. The fourth-order valence-electron chi connectivity index (χ4n) is 2.20. The molecule has 5 heteroatoms. The summed E-state index contributed by atoms with van der Waals surface area (Å²) in [6.07, 6.45) is 1.78. The van der Waals surface area contributed by atoms with Gasteiger partial charge in [0.05, 0.1) is 12.2 Å². The first-order valence-electron chi connectivity index (χ1n) is 7.13. The molecule has 1 N–H and O–H groups in total. The van der Waals surface area contributed by atoms with Crippen molar-refractivity contribution in [2.24, 2.45) is 5.92 Å². The first-order chi connectivity index (χ1) is 9.97. The maximum absolute atomic E-state index is 13.8. The van der Waals surface area contributed by atoms with E-state index in [1.54, 1.807) is 6.20 Å². The van der Waals surface area contributed by atoms with Gasteiger partial charge in [0.15, 0.2) is 0 Å². The summed E-state index contributed by atoms with van der Waals surface area (Å²) in [5.74, 6) is 0.525. The minimum absolute atomic E-state index is 0.286. The van der Waals surface area contributed by atoms with Crippen molar-refractivity contribution >= 4 is 0 Å². The molecule has 2 aromatic rings. The fourth-order valence-corrected chi connectivity index (χ4v) is 2.20. The van der Waals surface area contributed by atoms with Crippen molar-refractivity contribution in [1.29, 1.82) is 0 Å². The molecule has 1 aromatic heterocycles. The number of benzene rings is 1. The molecule has 0 saturated heterocycles. The van der Waals surface area contributed by atoms with E-state index in [2.05, 4.69) is 24.1 Å². The van der Waals surface area contributed by atoms with Crippen LogP contribution in [-0.4, -0.2) is 16.1 Å². The third-order valence-corrected chi connectivity index (χ3v) is 3.33. The fraction of sp³-hybridized carbons (Fsp3) is 0.438. The molecule has 0 unspecified atom stereocenters.